The number of nitrogen functional groups attached to an aromatic ring is 1. The van der Waals surface area contributed by atoms with Crippen LogP contribution in [0, 0.1) is 5.82 Å². The van der Waals surface area contributed by atoms with Gasteiger partial charge in [-0.05, 0) is 48.5 Å². The standard InChI is InChI=1S/C15H14FN5O3S/c1-24-12-6-4-11(5-7-12)18-15-19-14(17)21(20-15)25(22,23)13-8-2-10(16)3-9-13/h2-9H,1H3,(H3,17,18,19,20). The van der Waals surface area contributed by atoms with Crippen molar-refractivity contribution in [2.24, 2.45) is 0 Å². The van der Waals surface area contributed by atoms with E-state index in [1.807, 2.05) is 0 Å². The molecule has 0 fully saturated rings. The maximum atomic E-state index is 13.0. The van der Waals surface area contributed by atoms with Gasteiger partial charge in [-0.1, -0.05) is 0 Å². The van der Waals surface area contributed by atoms with Crippen LogP contribution in [0.1, 0.15) is 0 Å². The van der Waals surface area contributed by atoms with Crippen LogP contribution in [0.3, 0.4) is 0 Å². The molecule has 0 saturated heterocycles. The number of nitrogens with one attached hydrogen (secondary N) is 1. The van der Waals surface area contributed by atoms with Crippen molar-refractivity contribution in [3.63, 3.8) is 0 Å². The van der Waals surface area contributed by atoms with Gasteiger partial charge in [0.25, 0.3) is 10.0 Å². The summed E-state index contributed by atoms with van der Waals surface area (Å²) in [6.45, 7) is 0. The highest BCUT2D eigenvalue weighted by atomic mass is 32.2. The molecule has 0 atom stereocenters. The number of nitrogens with zero attached hydrogens (tertiary/aromatic N) is 3. The molecule has 0 aliphatic carbocycles. The van der Waals surface area contributed by atoms with Gasteiger partial charge in [0.05, 0.1) is 12.0 Å². The fourth-order valence-electron chi connectivity index (χ4n) is 2.05. The quantitative estimate of drug-likeness (QED) is 0.713. The van der Waals surface area contributed by atoms with E-state index in [0.29, 0.717) is 15.5 Å². The van der Waals surface area contributed by atoms with Crippen LogP contribution in [0.2, 0.25) is 0 Å². The molecule has 1 aromatic heterocycles. The van der Waals surface area contributed by atoms with Gasteiger partial charge in [-0.25, -0.2) is 4.39 Å². The third-order valence-corrected chi connectivity index (χ3v) is 4.88. The number of aromatic nitrogens is 3. The predicted octanol–water partition coefficient (Wildman–Crippen LogP) is 1.99. The van der Waals surface area contributed by atoms with Crippen molar-refractivity contribution in [1.29, 1.82) is 0 Å². The maximum Gasteiger partial charge on any atom is 0.286 e. The molecule has 0 saturated carbocycles. The fourth-order valence-corrected chi connectivity index (χ4v) is 3.20. The summed E-state index contributed by atoms with van der Waals surface area (Å²) in [5.74, 6) is -0.191. The van der Waals surface area contributed by atoms with Gasteiger partial charge in [0.1, 0.15) is 11.6 Å². The molecule has 2 aromatic carbocycles. The number of ether oxygens (including phenoxy) is 1. The molecule has 0 amide bonds. The van der Waals surface area contributed by atoms with Gasteiger partial charge >= 0.3 is 0 Å². The maximum absolute atomic E-state index is 13.0. The fraction of sp³-hybridized carbons (Fsp3) is 0.0667. The molecule has 0 aliphatic heterocycles. The van der Waals surface area contributed by atoms with E-state index in [9.17, 15) is 12.8 Å². The molecule has 3 rings (SSSR count). The minimum absolute atomic E-state index is 0.00773. The summed E-state index contributed by atoms with van der Waals surface area (Å²) < 4.78 is 43.7. The Morgan fingerprint density at radius 2 is 1.76 bits per heavy atom. The third-order valence-electron chi connectivity index (χ3n) is 3.29. The molecule has 3 N–H and O–H groups in total. The van der Waals surface area contributed by atoms with Gasteiger partial charge in [-0.15, -0.1) is 9.19 Å². The molecular weight excluding hydrogens is 349 g/mol. The van der Waals surface area contributed by atoms with Crippen LogP contribution >= 0.6 is 0 Å². The second-order valence-corrected chi connectivity index (χ2v) is 6.72. The largest absolute Gasteiger partial charge is 0.497 e. The van der Waals surface area contributed by atoms with Crippen molar-refractivity contribution >= 4 is 27.6 Å². The average Bonchev–Trinajstić information content (AvgIpc) is 2.97. The van der Waals surface area contributed by atoms with Crippen molar-refractivity contribution in [2.45, 2.75) is 4.90 Å². The molecule has 0 unspecified atom stereocenters. The highest BCUT2D eigenvalue weighted by Crippen LogP contribution is 2.21. The average molecular weight is 363 g/mol. The van der Waals surface area contributed by atoms with Gasteiger partial charge in [-0.2, -0.15) is 13.4 Å². The number of hydrogen-bond donors (Lipinski definition) is 2. The lowest BCUT2D eigenvalue weighted by molar-refractivity contribution is 0.415. The zero-order valence-corrected chi connectivity index (χ0v) is 13.9. The van der Waals surface area contributed by atoms with Gasteiger partial charge in [0.2, 0.25) is 11.9 Å². The van der Waals surface area contributed by atoms with Gasteiger partial charge in [0.15, 0.2) is 0 Å². The Labute approximate surface area is 143 Å². The van der Waals surface area contributed by atoms with Crippen LogP contribution in [0.25, 0.3) is 0 Å². The minimum atomic E-state index is -4.08. The van der Waals surface area contributed by atoms with Crippen LogP contribution in [-0.4, -0.2) is 29.7 Å². The van der Waals surface area contributed by atoms with Crippen molar-refractivity contribution in [3.05, 3.63) is 54.3 Å². The summed E-state index contributed by atoms with van der Waals surface area (Å²) in [5, 5.41) is 6.72. The Morgan fingerprint density at radius 3 is 2.36 bits per heavy atom. The Balaban J connectivity index is 1.90. The highest BCUT2D eigenvalue weighted by molar-refractivity contribution is 7.90. The third kappa shape index (κ3) is 3.38. The van der Waals surface area contributed by atoms with Crippen LogP contribution < -0.4 is 15.8 Å². The topological polar surface area (TPSA) is 112 Å². The highest BCUT2D eigenvalue weighted by Gasteiger charge is 2.22. The molecule has 0 radical (unpaired) electrons. The van der Waals surface area contributed by atoms with E-state index < -0.39 is 15.8 Å². The molecule has 0 bridgehead atoms. The summed E-state index contributed by atoms with van der Waals surface area (Å²) in [6, 6.07) is 11.2. The molecule has 25 heavy (non-hydrogen) atoms. The summed E-state index contributed by atoms with van der Waals surface area (Å²) in [7, 11) is -2.53. The van der Waals surface area contributed by atoms with E-state index in [1.54, 1.807) is 31.4 Å². The van der Waals surface area contributed by atoms with E-state index in [-0.39, 0.29) is 16.8 Å². The first-order chi connectivity index (χ1) is 11.9. The van der Waals surface area contributed by atoms with Crippen molar-refractivity contribution in [2.75, 3.05) is 18.2 Å². The van der Waals surface area contributed by atoms with E-state index in [2.05, 4.69) is 15.4 Å². The number of methoxy groups -OCH3 is 1. The number of anilines is 3. The molecule has 1 heterocycles. The molecule has 0 aliphatic rings. The molecule has 130 valence electrons. The first-order valence-electron chi connectivity index (χ1n) is 7.05. The minimum Gasteiger partial charge on any atom is -0.497 e. The summed E-state index contributed by atoms with van der Waals surface area (Å²) in [4.78, 5) is 3.74. The summed E-state index contributed by atoms with van der Waals surface area (Å²) >= 11 is 0. The SMILES string of the molecule is COc1ccc(Nc2nc(N)n(S(=O)(=O)c3ccc(F)cc3)n2)cc1. The van der Waals surface area contributed by atoms with Crippen LogP contribution in [0.5, 0.6) is 5.75 Å². The molecule has 10 heteroatoms. The van der Waals surface area contributed by atoms with Gasteiger partial charge in [-0.3, -0.25) is 0 Å². The summed E-state index contributed by atoms with van der Waals surface area (Å²) in [6.07, 6.45) is 0. The summed E-state index contributed by atoms with van der Waals surface area (Å²) in [5.41, 5.74) is 6.29. The number of hydrogen-bond acceptors (Lipinski definition) is 7. The van der Waals surface area contributed by atoms with Gasteiger partial charge < -0.3 is 15.8 Å². The van der Waals surface area contributed by atoms with Crippen LogP contribution in [-0.2, 0) is 10.0 Å². The van der Waals surface area contributed by atoms with Crippen LogP contribution in [0.4, 0.5) is 22.0 Å². The molecule has 3 aromatic rings. The van der Waals surface area contributed by atoms with Crippen molar-refractivity contribution in [3.8, 4) is 5.75 Å². The zero-order chi connectivity index (χ0) is 18.0. The Kier molecular flexibility index (Phi) is 4.28. The van der Waals surface area contributed by atoms with E-state index in [0.717, 1.165) is 24.3 Å². The monoisotopic (exact) mass is 363 g/mol. The smallest absolute Gasteiger partial charge is 0.286 e. The Bertz CT molecular complexity index is 985. The number of rotatable bonds is 5. The number of nitrogens with two attached hydrogens (primary N) is 1. The van der Waals surface area contributed by atoms with Crippen molar-refractivity contribution in [1.82, 2.24) is 14.2 Å². The second kappa shape index (κ2) is 6.40. The van der Waals surface area contributed by atoms with E-state index >= 15 is 0 Å². The van der Waals surface area contributed by atoms with Gasteiger partial charge in [0, 0.05) is 5.69 Å². The van der Waals surface area contributed by atoms with E-state index in [1.165, 1.54) is 0 Å². The Hall–Kier alpha value is -3.14. The lowest BCUT2D eigenvalue weighted by Crippen LogP contribution is -2.17. The first kappa shape index (κ1) is 16.7. The number of halogens is 1. The van der Waals surface area contributed by atoms with Crippen molar-refractivity contribution < 1.29 is 17.5 Å². The Morgan fingerprint density at radius 1 is 1.12 bits per heavy atom. The normalized spacial score (nSPS) is 11.3. The first-order valence-corrected chi connectivity index (χ1v) is 8.49. The zero-order valence-electron chi connectivity index (χ0n) is 13.0. The lowest BCUT2D eigenvalue weighted by atomic mass is 10.3. The molecule has 0 spiro atoms. The predicted molar refractivity (Wildman–Crippen MR) is 89.7 cm³/mol. The number of benzene rings is 2. The van der Waals surface area contributed by atoms with E-state index in [4.69, 9.17) is 10.5 Å². The second-order valence-electron chi connectivity index (χ2n) is 4.95. The molecular formula is C15H14FN5O3S. The molecule has 8 nitrogen and oxygen atoms in total. The van der Waals surface area contributed by atoms with Crippen LogP contribution in [0.15, 0.2) is 53.4 Å². The lowest BCUT2D eigenvalue weighted by Gasteiger charge is -2.05.